The van der Waals surface area contributed by atoms with E-state index in [0.717, 1.165) is 22.5 Å². The highest BCUT2D eigenvalue weighted by molar-refractivity contribution is 6.36. The Hall–Kier alpha value is -3.10. The zero-order chi connectivity index (χ0) is 21.6. The van der Waals surface area contributed by atoms with Crippen LogP contribution in [0.5, 0.6) is 0 Å². The van der Waals surface area contributed by atoms with E-state index in [1.165, 1.54) is 10.9 Å². The fraction of sp³-hybridized carbons (Fsp3) is 0.200. The molecular weight excluding hydrogens is 427 g/mol. The van der Waals surface area contributed by atoms with Crippen LogP contribution in [-0.2, 0) is 4.74 Å². The standard InChI is InChI=1S/C20H18Cl2N6O2/c1-4-30-20(29)14-9-24-27(18(14)23)16-7-10(2)25-19-17(11(3)26-28(16)19)13-6-5-12(21)8-15(13)22/h5-9H,4,23H2,1-3H3. The van der Waals surface area contributed by atoms with Crippen LogP contribution >= 0.6 is 23.2 Å². The van der Waals surface area contributed by atoms with Gasteiger partial charge in [-0.2, -0.15) is 19.4 Å². The van der Waals surface area contributed by atoms with Gasteiger partial charge in [0.05, 0.1) is 29.1 Å². The van der Waals surface area contributed by atoms with E-state index in [-0.39, 0.29) is 18.0 Å². The minimum atomic E-state index is -0.534. The van der Waals surface area contributed by atoms with Crippen molar-refractivity contribution in [3.63, 3.8) is 0 Å². The Morgan fingerprint density at radius 2 is 2.00 bits per heavy atom. The van der Waals surface area contributed by atoms with Crippen molar-refractivity contribution in [2.24, 2.45) is 0 Å². The van der Waals surface area contributed by atoms with E-state index in [1.807, 2.05) is 19.9 Å². The number of esters is 1. The van der Waals surface area contributed by atoms with Crippen molar-refractivity contribution in [3.8, 4) is 16.9 Å². The first-order valence-electron chi connectivity index (χ1n) is 9.15. The lowest BCUT2D eigenvalue weighted by Crippen LogP contribution is -2.12. The van der Waals surface area contributed by atoms with Gasteiger partial charge in [-0.25, -0.2) is 9.78 Å². The number of hydrogen-bond donors (Lipinski definition) is 1. The normalized spacial score (nSPS) is 11.2. The molecule has 3 aromatic heterocycles. The summed E-state index contributed by atoms with van der Waals surface area (Å²) in [5.41, 5.74) is 9.95. The van der Waals surface area contributed by atoms with E-state index in [4.69, 9.17) is 33.7 Å². The number of rotatable bonds is 4. The van der Waals surface area contributed by atoms with E-state index in [9.17, 15) is 4.79 Å². The van der Waals surface area contributed by atoms with Gasteiger partial charge in [0, 0.05) is 22.3 Å². The van der Waals surface area contributed by atoms with Crippen LogP contribution in [0, 0.1) is 13.8 Å². The number of fused-ring (bicyclic) bond motifs is 1. The summed E-state index contributed by atoms with van der Waals surface area (Å²) in [5.74, 6) is 0.151. The zero-order valence-corrected chi connectivity index (χ0v) is 18.0. The molecule has 10 heteroatoms. The largest absolute Gasteiger partial charge is 0.462 e. The molecule has 0 atom stereocenters. The van der Waals surface area contributed by atoms with Crippen molar-refractivity contribution < 1.29 is 9.53 Å². The summed E-state index contributed by atoms with van der Waals surface area (Å²) in [6.07, 6.45) is 1.38. The Bertz CT molecular complexity index is 1290. The van der Waals surface area contributed by atoms with E-state index in [0.29, 0.717) is 21.5 Å². The molecule has 0 aliphatic rings. The molecule has 0 radical (unpaired) electrons. The number of ether oxygens (including phenoxy) is 1. The number of benzene rings is 1. The Labute approximate surface area is 182 Å². The molecule has 0 unspecified atom stereocenters. The van der Waals surface area contributed by atoms with Crippen LogP contribution < -0.4 is 5.73 Å². The molecule has 0 amide bonds. The average molecular weight is 445 g/mol. The Morgan fingerprint density at radius 1 is 1.23 bits per heavy atom. The highest BCUT2D eigenvalue weighted by Gasteiger charge is 2.22. The molecule has 4 aromatic rings. The quantitative estimate of drug-likeness (QED) is 0.471. The van der Waals surface area contributed by atoms with E-state index in [1.54, 1.807) is 29.6 Å². The third-order valence-corrected chi connectivity index (χ3v) is 5.14. The zero-order valence-electron chi connectivity index (χ0n) is 16.5. The van der Waals surface area contributed by atoms with Gasteiger partial charge in [-0.3, -0.25) is 0 Å². The Kier molecular flexibility index (Phi) is 5.13. The van der Waals surface area contributed by atoms with Crippen LogP contribution in [-0.4, -0.2) is 37.0 Å². The number of hydrogen-bond acceptors (Lipinski definition) is 6. The number of nitrogen functional groups attached to an aromatic ring is 1. The minimum Gasteiger partial charge on any atom is -0.462 e. The Morgan fingerprint density at radius 3 is 2.70 bits per heavy atom. The lowest BCUT2D eigenvalue weighted by molar-refractivity contribution is 0.0527. The molecule has 1 aromatic carbocycles. The molecular formula is C20H18Cl2N6O2. The van der Waals surface area contributed by atoms with Gasteiger partial charge in [0.25, 0.3) is 0 Å². The van der Waals surface area contributed by atoms with Gasteiger partial charge in [0.1, 0.15) is 11.4 Å². The van der Waals surface area contributed by atoms with Gasteiger partial charge in [-0.15, -0.1) is 0 Å². The van der Waals surface area contributed by atoms with E-state index in [2.05, 4.69) is 15.2 Å². The van der Waals surface area contributed by atoms with E-state index >= 15 is 0 Å². The second kappa shape index (κ2) is 7.62. The molecule has 0 saturated carbocycles. The van der Waals surface area contributed by atoms with Crippen molar-refractivity contribution in [2.45, 2.75) is 20.8 Å². The van der Waals surface area contributed by atoms with Gasteiger partial charge in [-0.1, -0.05) is 29.3 Å². The van der Waals surface area contributed by atoms with Gasteiger partial charge in [-0.05, 0) is 32.9 Å². The molecule has 3 heterocycles. The molecule has 30 heavy (non-hydrogen) atoms. The molecule has 0 bridgehead atoms. The Balaban J connectivity index is 1.95. The van der Waals surface area contributed by atoms with Gasteiger partial charge >= 0.3 is 5.97 Å². The summed E-state index contributed by atoms with van der Waals surface area (Å²) in [6, 6.07) is 7.05. The topological polar surface area (TPSA) is 100 Å². The van der Waals surface area contributed by atoms with E-state index < -0.39 is 5.97 Å². The molecule has 154 valence electrons. The number of aryl methyl sites for hydroxylation is 2. The predicted octanol–water partition coefficient (Wildman–Crippen LogP) is 4.26. The van der Waals surface area contributed by atoms with Gasteiger partial charge in [0.2, 0.25) is 0 Å². The van der Waals surface area contributed by atoms with Gasteiger partial charge < -0.3 is 10.5 Å². The number of carbonyl (C=O) groups excluding carboxylic acids is 1. The first-order chi connectivity index (χ1) is 14.3. The third-order valence-electron chi connectivity index (χ3n) is 4.59. The fourth-order valence-electron chi connectivity index (χ4n) is 3.29. The van der Waals surface area contributed by atoms with Crippen LogP contribution in [0.3, 0.4) is 0 Å². The fourth-order valence-corrected chi connectivity index (χ4v) is 3.79. The summed E-state index contributed by atoms with van der Waals surface area (Å²) >= 11 is 12.5. The minimum absolute atomic E-state index is 0.152. The maximum absolute atomic E-state index is 12.1. The van der Waals surface area contributed by atoms with Crippen molar-refractivity contribution in [1.82, 2.24) is 24.4 Å². The summed E-state index contributed by atoms with van der Waals surface area (Å²) in [4.78, 5) is 16.8. The van der Waals surface area contributed by atoms with Crippen LogP contribution in [0.1, 0.15) is 28.7 Å². The number of nitrogens with zero attached hydrogens (tertiary/aromatic N) is 5. The molecule has 2 N–H and O–H groups in total. The average Bonchev–Trinajstić information content (AvgIpc) is 3.21. The molecule has 0 aliphatic heterocycles. The smallest absolute Gasteiger partial charge is 0.343 e. The molecule has 0 spiro atoms. The summed E-state index contributed by atoms with van der Waals surface area (Å²) in [5, 5.41) is 9.95. The second-order valence-corrected chi connectivity index (χ2v) is 7.50. The summed E-state index contributed by atoms with van der Waals surface area (Å²) < 4.78 is 8.10. The van der Waals surface area contributed by atoms with Crippen LogP contribution in [0.15, 0.2) is 30.5 Å². The number of carbonyl (C=O) groups is 1. The predicted molar refractivity (Wildman–Crippen MR) is 115 cm³/mol. The molecule has 0 fully saturated rings. The highest BCUT2D eigenvalue weighted by Crippen LogP contribution is 2.35. The summed E-state index contributed by atoms with van der Waals surface area (Å²) in [6.45, 7) is 5.69. The maximum atomic E-state index is 12.1. The number of aromatic nitrogens is 5. The van der Waals surface area contributed by atoms with Crippen LogP contribution in [0.2, 0.25) is 10.0 Å². The third kappa shape index (κ3) is 3.28. The highest BCUT2D eigenvalue weighted by atomic mass is 35.5. The molecule has 4 rings (SSSR count). The van der Waals surface area contributed by atoms with Crippen LogP contribution in [0.4, 0.5) is 5.82 Å². The molecule has 0 aliphatic carbocycles. The van der Waals surface area contributed by atoms with Crippen molar-refractivity contribution in [3.05, 3.63) is 57.5 Å². The van der Waals surface area contributed by atoms with Gasteiger partial charge in [0.15, 0.2) is 11.5 Å². The second-order valence-electron chi connectivity index (χ2n) is 6.65. The number of nitrogens with two attached hydrogens (primary N) is 1. The van der Waals surface area contributed by atoms with Crippen molar-refractivity contribution >= 4 is 40.6 Å². The van der Waals surface area contributed by atoms with Crippen molar-refractivity contribution in [2.75, 3.05) is 12.3 Å². The summed E-state index contributed by atoms with van der Waals surface area (Å²) in [7, 11) is 0. The molecule has 8 nitrogen and oxygen atoms in total. The number of anilines is 1. The monoisotopic (exact) mass is 444 g/mol. The maximum Gasteiger partial charge on any atom is 0.343 e. The molecule has 0 saturated heterocycles. The first kappa shape index (κ1) is 20.2. The number of halogens is 2. The lowest BCUT2D eigenvalue weighted by Gasteiger charge is -2.09. The van der Waals surface area contributed by atoms with Crippen LogP contribution in [0.25, 0.3) is 22.6 Å². The first-order valence-corrected chi connectivity index (χ1v) is 9.90. The lowest BCUT2D eigenvalue weighted by atomic mass is 10.1. The van der Waals surface area contributed by atoms with Crippen molar-refractivity contribution in [1.29, 1.82) is 0 Å². The SMILES string of the molecule is CCOC(=O)c1cnn(-c2cc(C)nc3c(-c4ccc(Cl)cc4Cl)c(C)nn23)c1N.